The Morgan fingerprint density at radius 2 is 0.833 bits per heavy atom. The van der Waals surface area contributed by atoms with Gasteiger partial charge in [0.05, 0.1) is 0 Å². The van der Waals surface area contributed by atoms with Crippen LogP contribution in [0, 0.1) is 0 Å². The number of nitrogens with zero attached hydrogens (tertiary/aromatic N) is 4. The molecular weight excluding hydrogens is 616 g/mol. The van der Waals surface area contributed by atoms with Crippen molar-refractivity contribution >= 4 is 69.3 Å². The van der Waals surface area contributed by atoms with E-state index in [4.69, 9.17) is 9.47 Å². The molecule has 14 heteroatoms. The Balaban J connectivity index is 1.25. The lowest BCUT2D eigenvalue weighted by Crippen LogP contribution is -2.27. The van der Waals surface area contributed by atoms with Crippen LogP contribution in [0.25, 0.3) is 22.1 Å². The van der Waals surface area contributed by atoms with Gasteiger partial charge in [-0.1, -0.05) is 6.07 Å². The molecule has 1 aromatic carbocycles. The van der Waals surface area contributed by atoms with Gasteiger partial charge >= 0.3 is 12.2 Å². The zero-order valence-electron chi connectivity index (χ0n) is 27.2. The Kier molecular flexibility index (Phi) is 9.18. The van der Waals surface area contributed by atoms with Gasteiger partial charge in [-0.05, 0) is 108 Å². The van der Waals surface area contributed by atoms with Crippen molar-refractivity contribution in [2.24, 2.45) is 0 Å². The van der Waals surface area contributed by atoms with Gasteiger partial charge in [-0.25, -0.2) is 29.5 Å². The summed E-state index contributed by atoms with van der Waals surface area (Å²) in [5.41, 5.74) is -0.340. The van der Waals surface area contributed by atoms with Crippen LogP contribution in [0.1, 0.15) is 62.3 Å². The minimum atomic E-state index is -0.673. The van der Waals surface area contributed by atoms with Crippen molar-refractivity contribution in [3.05, 3.63) is 83.9 Å². The molecule has 5 rings (SSSR count). The molecule has 0 aliphatic rings. The molecule has 48 heavy (non-hydrogen) atoms. The lowest BCUT2D eigenvalue weighted by Gasteiger charge is -2.19. The number of nitrogens with one attached hydrogen (secondary N) is 4. The Hall–Kier alpha value is -6.18. The van der Waals surface area contributed by atoms with Crippen molar-refractivity contribution in [1.29, 1.82) is 0 Å². The summed E-state index contributed by atoms with van der Waals surface area (Å²) in [6.07, 6.45) is -1.31. The van der Waals surface area contributed by atoms with Gasteiger partial charge in [0, 0.05) is 21.9 Å². The number of rotatable bonds is 6. The SMILES string of the molecule is CC(C)(C)OC(=O)Nc1ccc2ccc(NC(=O)c3cccc(C(=O)Nc4ccc5ccc(NC(=O)OC(C)(C)C)nc5n4)c3)nc2n1. The van der Waals surface area contributed by atoms with Crippen molar-refractivity contribution in [3.8, 4) is 0 Å². The molecule has 0 aliphatic heterocycles. The second-order valence-electron chi connectivity index (χ2n) is 12.6. The molecule has 4 amide bonds. The van der Waals surface area contributed by atoms with Crippen LogP contribution in [-0.4, -0.2) is 55.1 Å². The first-order chi connectivity index (χ1) is 22.6. The van der Waals surface area contributed by atoms with Gasteiger partial charge in [0.2, 0.25) is 0 Å². The second kappa shape index (κ2) is 13.3. The molecule has 0 radical (unpaired) electrons. The molecule has 0 spiro atoms. The number of ether oxygens (including phenoxy) is 2. The maximum Gasteiger partial charge on any atom is 0.413 e. The first-order valence-corrected chi connectivity index (χ1v) is 14.9. The molecule has 4 aromatic heterocycles. The predicted molar refractivity (Wildman–Crippen MR) is 181 cm³/mol. The summed E-state index contributed by atoms with van der Waals surface area (Å²) in [5.74, 6) is -0.0902. The molecule has 0 saturated carbocycles. The minimum Gasteiger partial charge on any atom is -0.444 e. The number of aromatic nitrogens is 4. The highest BCUT2D eigenvalue weighted by Gasteiger charge is 2.19. The van der Waals surface area contributed by atoms with E-state index in [0.29, 0.717) is 22.1 Å². The number of carbonyl (C=O) groups is 4. The third-order valence-electron chi connectivity index (χ3n) is 6.23. The molecule has 0 atom stereocenters. The van der Waals surface area contributed by atoms with E-state index in [9.17, 15) is 19.2 Å². The first kappa shape index (κ1) is 33.2. The summed E-state index contributed by atoms with van der Waals surface area (Å²) >= 11 is 0. The summed E-state index contributed by atoms with van der Waals surface area (Å²) in [6.45, 7) is 10.5. The van der Waals surface area contributed by atoms with Crippen LogP contribution in [0.2, 0.25) is 0 Å². The highest BCUT2D eigenvalue weighted by Crippen LogP contribution is 2.20. The van der Waals surface area contributed by atoms with Crippen LogP contribution in [0.5, 0.6) is 0 Å². The summed E-state index contributed by atoms with van der Waals surface area (Å²) in [6, 6.07) is 19.5. The number of fused-ring (bicyclic) bond motifs is 2. The largest absolute Gasteiger partial charge is 0.444 e. The number of hydrogen-bond acceptors (Lipinski definition) is 10. The molecule has 246 valence electrons. The second-order valence-corrected chi connectivity index (χ2v) is 12.6. The fourth-order valence-electron chi connectivity index (χ4n) is 4.27. The number of anilines is 4. The number of amides is 4. The lowest BCUT2D eigenvalue weighted by molar-refractivity contribution is 0.0624. The fraction of sp³-hybridized carbons (Fsp3) is 0.235. The zero-order valence-corrected chi connectivity index (χ0v) is 27.2. The Morgan fingerprint density at radius 1 is 0.500 bits per heavy atom. The molecule has 4 heterocycles. The highest BCUT2D eigenvalue weighted by molar-refractivity contribution is 6.08. The van der Waals surface area contributed by atoms with Crippen molar-refractivity contribution < 1.29 is 28.7 Å². The van der Waals surface area contributed by atoms with E-state index in [0.717, 1.165) is 0 Å². The van der Waals surface area contributed by atoms with E-state index < -0.39 is 35.2 Å². The van der Waals surface area contributed by atoms with Crippen molar-refractivity contribution in [1.82, 2.24) is 19.9 Å². The smallest absolute Gasteiger partial charge is 0.413 e. The summed E-state index contributed by atoms with van der Waals surface area (Å²) in [7, 11) is 0. The number of pyridine rings is 4. The average Bonchev–Trinajstić information content (AvgIpc) is 2.99. The fourth-order valence-corrected chi connectivity index (χ4v) is 4.27. The predicted octanol–water partition coefficient (Wildman–Crippen LogP) is 6.77. The molecule has 5 aromatic rings. The molecule has 14 nitrogen and oxygen atoms in total. The van der Waals surface area contributed by atoms with Crippen LogP contribution in [0.3, 0.4) is 0 Å². The summed E-state index contributed by atoms with van der Waals surface area (Å²) in [4.78, 5) is 68.0. The lowest BCUT2D eigenvalue weighted by atomic mass is 10.1. The van der Waals surface area contributed by atoms with Crippen LogP contribution in [0.4, 0.5) is 32.9 Å². The van der Waals surface area contributed by atoms with E-state index in [1.807, 2.05) is 0 Å². The molecule has 0 unspecified atom stereocenters. The summed E-state index contributed by atoms with van der Waals surface area (Å²) in [5, 5.41) is 11.9. The van der Waals surface area contributed by atoms with Crippen molar-refractivity contribution in [3.63, 3.8) is 0 Å². The Labute approximate surface area is 275 Å². The van der Waals surface area contributed by atoms with Gasteiger partial charge in [-0.3, -0.25) is 20.2 Å². The van der Waals surface area contributed by atoms with Gasteiger partial charge in [-0.2, -0.15) is 0 Å². The van der Waals surface area contributed by atoms with E-state index in [1.54, 1.807) is 108 Å². The Bertz CT molecular complexity index is 1910. The topological polar surface area (TPSA) is 186 Å². The van der Waals surface area contributed by atoms with Gasteiger partial charge in [0.15, 0.2) is 11.3 Å². The zero-order chi connectivity index (χ0) is 34.6. The molecule has 0 fully saturated rings. The van der Waals surface area contributed by atoms with Gasteiger partial charge in [-0.15, -0.1) is 0 Å². The molecule has 0 bridgehead atoms. The summed E-state index contributed by atoms with van der Waals surface area (Å²) < 4.78 is 10.5. The monoisotopic (exact) mass is 650 g/mol. The van der Waals surface area contributed by atoms with Crippen LogP contribution < -0.4 is 21.3 Å². The molecule has 0 aliphatic carbocycles. The van der Waals surface area contributed by atoms with E-state index in [2.05, 4.69) is 41.2 Å². The normalized spacial score (nSPS) is 11.5. The highest BCUT2D eigenvalue weighted by atomic mass is 16.6. The standard InChI is InChI=1S/C34H34N8O6/c1-33(2,3)47-31(45)41-25-16-12-19-10-14-23(35-27(19)37-25)39-29(43)21-8-7-9-22(18-21)30(44)40-24-15-11-20-13-17-26(38-28(20)36-24)42-32(46)48-34(4,5)6/h7-18H,1-6H3,(H2,35,37,39,41,43,45)(H2,36,38,40,42,44,46). The van der Waals surface area contributed by atoms with Crippen LogP contribution in [-0.2, 0) is 9.47 Å². The van der Waals surface area contributed by atoms with Crippen LogP contribution in [0.15, 0.2) is 72.8 Å². The number of carbonyl (C=O) groups excluding carboxylic acids is 4. The van der Waals surface area contributed by atoms with Crippen molar-refractivity contribution in [2.45, 2.75) is 52.7 Å². The van der Waals surface area contributed by atoms with Crippen molar-refractivity contribution in [2.75, 3.05) is 21.3 Å². The van der Waals surface area contributed by atoms with Crippen LogP contribution >= 0.6 is 0 Å². The quantitative estimate of drug-likeness (QED) is 0.153. The third kappa shape index (κ3) is 8.96. The maximum atomic E-state index is 13.1. The Morgan fingerprint density at radius 3 is 1.17 bits per heavy atom. The minimum absolute atomic E-state index is 0.212. The molecule has 0 saturated heterocycles. The number of hydrogen-bond donors (Lipinski definition) is 4. The van der Waals surface area contributed by atoms with Gasteiger partial charge < -0.3 is 20.1 Å². The number of benzene rings is 1. The first-order valence-electron chi connectivity index (χ1n) is 14.9. The van der Waals surface area contributed by atoms with E-state index in [-0.39, 0.29) is 34.4 Å². The maximum absolute atomic E-state index is 13.1. The van der Waals surface area contributed by atoms with E-state index >= 15 is 0 Å². The van der Waals surface area contributed by atoms with Gasteiger partial charge in [0.25, 0.3) is 11.8 Å². The average molecular weight is 651 g/mol. The third-order valence-corrected chi connectivity index (χ3v) is 6.23. The van der Waals surface area contributed by atoms with Gasteiger partial charge in [0.1, 0.15) is 34.5 Å². The van der Waals surface area contributed by atoms with E-state index in [1.165, 1.54) is 6.07 Å². The molecular formula is C34H34N8O6. The molecule has 4 N–H and O–H groups in total.